The van der Waals surface area contributed by atoms with Crippen LogP contribution in [0, 0.1) is 0 Å². The number of nitrogens with two attached hydrogens (primary N) is 1. The van der Waals surface area contributed by atoms with Gasteiger partial charge in [0.2, 0.25) is 0 Å². The molecular formula is C10H22N2O3. The first-order valence-corrected chi connectivity index (χ1v) is 5.11. The molecule has 0 saturated carbocycles. The molecule has 5 nitrogen and oxygen atoms in total. The van der Waals surface area contributed by atoms with Gasteiger partial charge >= 0.3 is 5.97 Å². The lowest BCUT2D eigenvalue weighted by molar-refractivity contribution is -0.147. The smallest absolute Gasteiger partial charge is 0.324 e. The summed E-state index contributed by atoms with van der Waals surface area (Å²) in [6, 6.07) is -0.155. The van der Waals surface area contributed by atoms with Gasteiger partial charge in [0.15, 0.2) is 0 Å². The summed E-state index contributed by atoms with van der Waals surface area (Å²) < 4.78 is 9.71. The number of esters is 1. The molecule has 0 rings (SSSR count). The maximum atomic E-state index is 11.5. The first-order chi connectivity index (χ1) is 7.08. The van der Waals surface area contributed by atoms with Gasteiger partial charge in [-0.15, -0.1) is 0 Å². The van der Waals surface area contributed by atoms with Gasteiger partial charge in [-0.2, -0.15) is 0 Å². The van der Waals surface area contributed by atoms with E-state index in [-0.39, 0.29) is 24.6 Å². The quantitative estimate of drug-likeness (QED) is 0.602. The summed E-state index contributed by atoms with van der Waals surface area (Å²) >= 11 is 0. The molecule has 1 atom stereocenters. The van der Waals surface area contributed by atoms with E-state index in [9.17, 15) is 4.79 Å². The van der Waals surface area contributed by atoms with Gasteiger partial charge in [-0.3, -0.25) is 9.69 Å². The highest BCUT2D eigenvalue weighted by Gasteiger charge is 2.26. The largest absolute Gasteiger partial charge is 0.468 e. The maximum Gasteiger partial charge on any atom is 0.324 e. The van der Waals surface area contributed by atoms with E-state index in [1.807, 2.05) is 18.7 Å². The van der Waals surface area contributed by atoms with Crippen LogP contribution >= 0.6 is 0 Å². The average molecular weight is 218 g/mol. The van der Waals surface area contributed by atoms with Crippen molar-refractivity contribution in [1.82, 2.24) is 4.90 Å². The number of nitrogens with zero attached hydrogens (tertiary/aromatic N) is 1. The lowest BCUT2D eigenvalue weighted by atomic mass is 10.2. The molecule has 0 spiro atoms. The molecule has 0 heterocycles. The molecule has 0 aromatic carbocycles. The standard InChI is InChI=1S/C10H22N2O3/c1-8(2)12(5-6-14-3)9(7-11)10(13)15-4/h8-9H,5-7,11H2,1-4H3. The van der Waals surface area contributed by atoms with Crippen LogP contribution in [0.3, 0.4) is 0 Å². The molecule has 1 unspecified atom stereocenters. The van der Waals surface area contributed by atoms with E-state index in [0.29, 0.717) is 13.2 Å². The van der Waals surface area contributed by atoms with E-state index in [4.69, 9.17) is 15.2 Å². The second kappa shape index (κ2) is 7.62. The minimum Gasteiger partial charge on any atom is -0.468 e. The molecule has 15 heavy (non-hydrogen) atoms. The summed E-state index contributed by atoms with van der Waals surface area (Å²) in [4.78, 5) is 13.4. The van der Waals surface area contributed by atoms with Crippen molar-refractivity contribution < 1.29 is 14.3 Å². The van der Waals surface area contributed by atoms with Crippen LogP contribution in [0.5, 0.6) is 0 Å². The van der Waals surface area contributed by atoms with Gasteiger partial charge in [-0.25, -0.2) is 0 Å². The molecule has 90 valence electrons. The Bertz CT molecular complexity index is 186. The minimum atomic E-state index is -0.384. The van der Waals surface area contributed by atoms with Crippen molar-refractivity contribution in [3.8, 4) is 0 Å². The number of carbonyl (C=O) groups excluding carboxylic acids is 1. The molecule has 5 heteroatoms. The number of carbonyl (C=O) groups is 1. The zero-order valence-electron chi connectivity index (χ0n) is 10.0. The summed E-state index contributed by atoms with van der Waals surface area (Å²) in [5.41, 5.74) is 5.58. The molecule has 0 aliphatic heterocycles. The molecule has 0 aliphatic rings. The van der Waals surface area contributed by atoms with E-state index in [1.165, 1.54) is 7.11 Å². The molecule has 0 aromatic rings. The predicted molar refractivity (Wildman–Crippen MR) is 58.6 cm³/mol. The minimum absolute atomic E-state index is 0.229. The molecule has 0 saturated heterocycles. The Balaban J connectivity index is 4.47. The molecule has 0 aromatic heterocycles. The third kappa shape index (κ3) is 4.59. The van der Waals surface area contributed by atoms with Gasteiger partial charge in [0.1, 0.15) is 6.04 Å². The summed E-state index contributed by atoms with van der Waals surface area (Å²) in [7, 11) is 3.01. The van der Waals surface area contributed by atoms with Crippen molar-refractivity contribution in [2.45, 2.75) is 25.9 Å². The Morgan fingerprint density at radius 3 is 2.33 bits per heavy atom. The van der Waals surface area contributed by atoms with Crippen molar-refractivity contribution in [2.24, 2.45) is 5.73 Å². The van der Waals surface area contributed by atoms with Gasteiger partial charge in [0, 0.05) is 26.2 Å². The zero-order valence-corrected chi connectivity index (χ0v) is 10.0. The van der Waals surface area contributed by atoms with Crippen molar-refractivity contribution in [3.05, 3.63) is 0 Å². The highest BCUT2D eigenvalue weighted by molar-refractivity contribution is 5.76. The van der Waals surface area contributed by atoms with Crippen molar-refractivity contribution >= 4 is 5.97 Å². The molecule has 0 radical (unpaired) electrons. The van der Waals surface area contributed by atoms with E-state index in [2.05, 4.69) is 0 Å². The molecule has 2 N–H and O–H groups in total. The summed E-state index contributed by atoms with van der Waals surface area (Å²) in [6.45, 7) is 5.54. The highest BCUT2D eigenvalue weighted by atomic mass is 16.5. The van der Waals surface area contributed by atoms with Crippen LogP contribution in [-0.4, -0.2) is 56.9 Å². The van der Waals surface area contributed by atoms with Gasteiger partial charge < -0.3 is 15.2 Å². The number of hydrogen-bond donors (Lipinski definition) is 1. The summed E-state index contributed by atoms with van der Waals surface area (Å²) in [5.74, 6) is -0.290. The molecule has 0 bridgehead atoms. The fraction of sp³-hybridized carbons (Fsp3) is 0.900. The van der Waals surface area contributed by atoms with Crippen LogP contribution in [0.1, 0.15) is 13.8 Å². The SMILES string of the molecule is COCCN(C(C)C)C(CN)C(=O)OC. The Hall–Kier alpha value is -0.650. The molecular weight excluding hydrogens is 196 g/mol. The first kappa shape index (κ1) is 14.3. The highest BCUT2D eigenvalue weighted by Crippen LogP contribution is 2.06. The van der Waals surface area contributed by atoms with Gasteiger partial charge in [-0.05, 0) is 13.8 Å². The van der Waals surface area contributed by atoms with Gasteiger partial charge in [-0.1, -0.05) is 0 Å². The third-order valence-corrected chi connectivity index (χ3v) is 2.31. The second-order valence-electron chi connectivity index (χ2n) is 3.60. The van der Waals surface area contributed by atoms with E-state index >= 15 is 0 Å². The van der Waals surface area contributed by atoms with Crippen LogP contribution in [0.4, 0.5) is 0 Å². The normalized spacial score (nSPS) is 13.3. The van der Waals surface area contributed by atoms with Crippen molar-refractivity contribution in [2.75, 3.05) is 33.9 Å². The van der Waals surface area contributed by atoms with E-state index < -0.39 is 0 Å². The van der Waals surface area contributed by atoms with Crippen molar-refractivity contribution in [3.63, 3.8) is 0 Å². The van der Waals surface area contributed by atoms with Gasteiger partial charge in [0.25, 0.3) is 0 Å². The Kier molecular flexibility index (Phi) is 7.29. The van der Waals surface area contributed by atoms with E-state index in [0.717, 1.165) is 0 Å². The second-order valence-corrected chi connectivity index (χ2v) is 3.60. The monoisotopic (exact) mass is 218 g/mol. The van der Waals surface area contributed by atoms with Crippen LogP contribution in [0.2, 0.25) is 0 Å². The lowest BCUT2D eigenvalue weighted by Gasteiger charge is -2.32. The molecule has 0 aliphatic carbocycles. The van der Waals surface area contributed by atoms with Crippen LogP contribution in [0.25, 0.3) is 0 Å². The fourth-order valence-corrected chi connectivity index (χ4v) is 1.47. The third-order valence-electron chi connectivity index (χ3n) is 2.31. The lowest BCUT2D eigenvalue weighted by Crippen LogP contribution is -2.51. The average Bonchev–Trinajstić information content (AvgIpc) is 2.22. The van der Waals surface area contributed by atoms with Gasteiger partial charge in [0.05, 0.1) is 13.7 Å². The predicted octanol–water partition coefficient (Wildman–Crippen LogP) is -0.156. The number of ether oxygens (including phenoxy) is 2. The van der Waals surface area contributed by atoms with Crippen LogP contribution in [0.15, 0.2) is 0 Å². The number of hydrogen-bond acceptors (Lipinski definition) is 5. The maximum absolute atomic E-state index is 11.5. The summed E-state index contributed by atoms with van der Waals surface area (Å²) in [6.07, 6.45) is 0. The number of methoxy groups -OCH3 is 2. The van der Waals surface area contributed by atoms with Crippen LogP contribution in [-0.2, 0) is 14.3 Å². The van der Waals surface area contributed by atoms with Crippen molar-refractivity contribution in [1.29, 1.82) is 0 Å². The zero-order chi connectivity index (χ0) is 11.8. The fourth-order valence-electron chi connectivity index (χ4n) is 1.47. The first-order valence-electron chi connectivity index (χ1n) is 5.11. The molecule has 0 amide bonds. The van der Waals surface area contributed by atoms with Crippen LogP contribution < -0.4 is 5.73 Å². The topological polar surface area (TPSA) is 64.8 Å². The van der Waals surface area contributed by atoms with E-state index in [1.54, 1.807) is 7.11 Å². The molecule has 0 fully saturated rings. The number of rotatable bonds is 7. The Morgan fingerprint density at radius 1 is 1.40 bits per heavy atom. The Labute approximate surface area is 91.5 Å². The Morgan fingerprint density at radius 2 is 2.00 bits per heavy atom. The summed E-state index contributed by atoms with van der Waals surface area (Å²) in [5, 5.41) is 0.